The molecule has 1 unspecified atom stereocenters. The summed E-state index contributed by atoms with van der Waals surface area (Å²) < 4.78 is 10.5. The van der Waals surface area contributed by atoms with E-state index in [1.165, 1.54) is 0 Å². The van der Waals surface area contributed by atoms with E-state index in [2.05, 4.69) is 0 Å². The van der Waals surface area contributed by atoms with E-state index in [0.717, 1.165) is 0 Å². The average molecular weight is 278 g/mol. The van der Waals surface area contributed by atoms with Gasteiger partial charge in [0.2, 0.25) is 0 Å². The Morgan fingerprint density at radius 3 is 2.35 bits per heavy atom. The number of ether oxygens (including phenoxy) is 2. The second-order valence-electron chi connectivity index (χ2n) is 4.91. The zero-order valence-corrected chi connectivity index (χ0v) is 12.3. The van der Waals surface area contributed by atoms with Gasteiger partial charge in [-0.05, 0) is 18.6 Å². The third kappa shape index (κ3) is 5.43. The van der Waals surface area contributed by atoms with Gasteiger partial charge < -0.3 is 9.47 Å². The molecule has 4 nitrogen and oxygen atoms in total. The van der Waals surface area contributed by atoms with Gasteiger partial charge in [0.15, 0.2) is 0 Å². The van der Waals surface area contributed by atoms with Crippen LogP contribution in [-0.4, -0.2) is 24.6 Å². The summed E-state index contributed by atoms with van der Waals surface area (Å²) in [5.74, 6) is -0.705. The summed E-state index contributed by atoms with van der Waals surface area (Å²) in [6, 6.07) is 8.87. The Kier molecular flexibility index (Phi) is 6.77. The van der Waals surface area contributed by atoms with E-state index in [-0.39, 0.29) is 30.6 Å². The molecule has 0 aliphatic rings. The van der Waals surface area contributed by atoms with E-state index in [9.17, 15) is 9.59 Å². The fourth-order valence-electron chi connectivity index (χ4n) is 1.60. The monoisotopic (exact) mass is 278 g/mol. The minimum absolute atomic E-state index is 0.137. The lowest BCUT2D eigenvalue weighted by Gasteiger charge is -2.16. The first kappa shape index (κ1) is 16.2. The SMILES string of the molecule is CCC(CCOC(=O)C(C)C)OC(=O)c1ccccc1. The van der Waals surface area contributed by atoms with E-state index in [4.69, 9.17) is 9.47 Å². The zero-order chi connectivity index (χ0) is 15.0. The quantitative estimate of drug-likeness (QED) is 0.719. The highest BCUT2D eigenvalue weighted by molar-refractivity contribution is 5.89. The second-order valence-corrected chi connectivity index (χ2v) is 4.91. The van der Waals surface area contributed by atoms with Crippen LogP contribution in [0.4, 0.5) is 0 Å². The molecule has 0 saturated heterocycles. The van der Waals surface area contributed by atoms with Crippen molar-refractivity contribution >= 4 is 11.9 Å². The van der Waals surface area contributed by atoms with Crippen molar-refractivity contribution in [2.75, 3.05) is 6.61 Å². The molecule has 0 aliphatic carbocycles. The van der Waals surface area contributed by atoms with Crippen molar-refractivity contribution < 1.29 is 19.1 Å². The lowest BCUT2D eigenvalue weighted by Crippen LogP contribution is -2.21. The van der Waals surface area contributed by atoms with Gasteiger partial charge in [-0.1, -0.05) is 39.0 Å². The molecule has 0 radical (unpaired) electrons. The van der Waals surface area contributed by atoms with Gasteiger partial charge in [-0.25, -0.2) is 4.79 Å². The maximum Gasteiger partial charge on any atom is 0.338 e. The predicted octanol–water partition coefficient (Wildman–Crippen LogP) is 3.21. The summed E-state index contributed by atoms with van der Waals surface area (Å²) in [7, 11) is 0. The maximum atomic E-state index is 11.9. The lowest BCUT2D eigenvalue weighted by molar-refractivity contribution is -0.147. The van der Waals surface area contributed by atoms with E-state index in [1.807, 2.05) is 13.0 Å². The number of benzene rings is 1. The molecule has 0 fully saturated rings. The topological polar surface area (TPSA) is 52.6 Å². The number of carbonyl (C=O) groups is 2. The molecular formula is C16H22O4. The van der Waals surface area contributed by atoms with E-state index in [0.29, 0.717) is 18.4 Å². The molecule has 1 aromatic rings. The minimum atomic E-state index is -0.340. The lowest BCUT2D eigenvalue weighted by atomic mass is 10.2. The first-order chi connectivity index (χ1) is 9.54. The van der Waals surface area contributed by atoms with Gasteiger partial charge in [-0.2, -0.15) is 0 Å². The van der Waals surface area contributed by atoms with Crippen molar-refractivity contribution in [3.8, 4) is 0 Å². The summed E-state index contributed by atoms with van der Waals surface area (Å²) in [6.07, 6.45) is 0.980. The second kappa shape index (κ2) is 8.35. The molecule has 0 heterocycles. The van der Waals surface area contributed by atoms with Gasteiger partial charge in [-0.3, -0.25) is 4.79 Å². The Balaban J connectivity index is 2.40. The number of rotatable bonds is 7. The molecule has 0 saturated carbocycles. The summed E-state index contributed by atoms with van der Waals surface area (Å²) in [4.78, 5) is 23.2. The normalized spacial score (nSPS) is 12.0. The first-order valence-corrected chi connectivity index (χ1v) is 6.97. The molecular weight excluding hydrogens is 256 g/mol. The Hall–Kier alpha value is -1.84. The Labute approximate surface area is 120 Å². The minimum Gasteiger partial charge on any atom is -0.465 e. The number of carbonyl (C=O) groups excluding carboxylic acids is 2. The number of hydrogen-bond donors (Lipinski definition) is 0. The summed E-state index contributed by atoms with van der Waals surface area (Å²) in [6.45, 7) is 5.79. The van der Waals surface area contributed by atoms with Gasteiger partial charge in [0.25, 0.3) is 0 Å². The van der Waals surface area contributed by atoms with Crippen LogP contribution in [-0.2, 0) is 14.3 Å². The molecule has 0 N–H and O–H groups in total. The van der Waals surface area contributed by atoms with Crippen molar-refractivity contribution in [1.82, 2.24) is 0 Å². The van der Waals surface area contributed by atoms with Crippen molar-refractivity contribution in [3.05, 3.63) is 35.9 Å². The van der Waals surface area contributed by atoms with Gasteiger partial charge >= 0.3 is 11.9 Å². The van der Waals surface area contributed by atoms with Crippen LogP contribution in [0, 0.1) is 5.92 Å². The largest absolute Gasteiger partial charge is 0.465 e. The standard InChI is InChI=1S/C16H22O4/c1-4-14(10-11-19-15(17)12(2)3)20-16(18)13-8-6-5-7-9-13/h5-9,12,14H,4,10-11H2,1-3H3. The Bertz CT molecular complexity index is 425. The van der Waals surface area contributed by atoms with Crippen LogP contribution in [0.25, 0.3) is 0 Å². The molecule has 0 amide bonds. The predicted molar refractivity (Wildman–Crippen MR) is 76.4 cm³/mol. The van der Waals surface area contributed by atoms with Crippen molar-refractivity contribution in [2.24, 2.45) is 5.92 Å². The molecule has 20 heavy (non-hydrogen) atoms. The van der Waals surface area contributed by atoms with Crippen LogP contribution in [0.1, 0.15) is 44.0 Å². The third-order valence-corrected chi connectivity index (χ3v) is 2.89. The fourth-order valence-corrected chi connectivity index (χ4v) is 1.60. The molecule has 1 atom stereocenters. The molecule has 0 aromatic heterocycles. The highest BCUT2D eigenvalue weighted by Gasteiger charge is 2.15. The smallest absolute Gasteiger partial charge is 0.338 e. The van der Waals surface area contributed by atoms with E-state index < -0.39 is 0 Å². The van der Waals surface area contributed by atoms with E-state index in [1.54, 1.807) is 38.1 Å². The van der Waals surface area contributed by atoms with Crippen molar-refractivity contribution in [2.45, 2.75) is 39.7 Å². The van der Waals surface area contributed by atoms with E-state index >= 15 is 0 Å². The molecule has 4 heteroatoms. The fraction of sp³-hybridized carbons (Fsp3) is 0.500. The van der Waals surface area contributed by atoms with Crippen LogP contribution >= 0.6 is 0 Å². The van der Waals surface area contributed by atoms with Crippen LogP contribution < -0.4 is 0 Å². The van der Waals surface area contributed by atoms with Crippen LogP contribution in [0.15, 0.2) is 30.3 Å². The summed E-state index contributed by atoms with van der Waals surface area (Å²) >= 11 is 0. The molecule has 110 valence electrons. The van der Waals surface area contributed by atoms with Crippen molar-refractivity contribution in [1.29, 1.82) is 0 Å². The van der Waals surface area contributed by atoms with Crippen LogP contribution in [0.5, 0.6) is 0 Å². The van der Waals surface area contributed by atoms with Crippen molar-refractivity contribution in [3.63, 3.8) is 0 Å². The Morgan fingerprint density at radius 2 is 1.80 bits per heavy atom. The molecule has 0 aliphatic heterocycles. The summed E-state index contributed by atoms with van der Waals surface area (Å²) in [5.41, 5.74) is 0.533. The molecule has 0 spiro atoms. The maximum absolute atomic E-state index is 11.9. The number of esters is 2. The Morgan fingerprint density at radius 1 is 1.15 bits per heavy atom. The van der Waals surface area contributed by atoms with Crippen LogP contribution in [0.3, 0.4) is 0 Å². The van der Waals surface area contributed by atoms with Crippen LogP contribution in [0.2, 0.25) is 0 Å². The third-order valence-electron chi connectivity index (χ3n) is 2.89. The molecule has 1 aromatic carbocycles. The highest BCUT2D eigenvalue weighted by atomic mass is 16.6. The van der Waals surface area contributed by atoms with Gasteiger partial charge in [0, 0.05) is 6.42 Å². The summed E-state index contributed by atoms with van der Waals surface area (Å²) in [5, 5.41) is 0. The van der Waals surface area contributed by atoms with Gasteiger partial charge in [0.05, 0.1) is 18.1 Å². The highest BCUT2D eigenvalue weighted by Crippen LogP contribution is 2.10. The van der Waals surface area contributed by atoms with Gasteiger partial charge in [-0.15, -0.1) is 0 Å². The average Bonchev–Trinajstić information content (AvgIpc) is 2.46. The van der Waals surface area contributed by atoms with Gasteiger partial charge in [0.1, 0.15) is 6.10 Å². The molecule has 0 bridgehead atoms. The molecule has 1 rings (SSSR count). The number of hydrogen-bond acceptors (Lipinski definition) is 4. The zero-order valence-electron chi connectivity index (χ0n) is 12.3. The first-order valence-electron chi connectivity index (χ1n) is 6.97.